The van der Waals surface area contributed by atoms with E-state index in [1.807, 2.05) is 0 Å². The smallest absolute Gasteiger partial charge is 0.141 e. The van der Waals surface area contributed by atoms with Crippen molar-refractivity contribution in [2.45, 2.75) is 19.9 Å². The lowest BCUT2D eigenvalue weighted by atomic mass is 9.81. The van der Waals surface area contributed by atoms with Crippen molar-refractivity contribution < 1.29 is 14.6 Å². The lowest BCUT2D eigenvalue weighted by Crippen LogP contribution is -2.32. The molecule has 0 amide bonds. The van der Waals surface area contributed by atoms with Crippen molar-refractivity contribution in [3.8, 4) is 5.75 Å². The maximum absolute atomic E-state index is 13.1. The molecule has 0 saturated heterocycles. The highest BCUT2D eigenvalue weighted by molar-refractivity contribution is 9.10. The molecule has 1 rings (SSSR count). The first-order valence-electron chi connectivity index (χ1n) is 4.84. The van der Waals surface area contributed by atoms with E-state index in [1.165, 1.54) is 12.1 Å². The van der Waals surface area contributed by atoms with Crippen LogP contribution in [0.25, 0.3) is 0 Å². The Morgan fingerprint density at radius 3 is 2.47 bits per heavy atom. The van der Waals surface area contributed by atoms with Gasteiger partial charge in [0.1, 0.15) is 11.6 Å². The summed E-state index contributed by atoms with van der Waals surface area (Å²) in [5.74, 6) is -0.760. The monoisotopic (exact) mass is 327 g/mol. The summed E-state index contributed by atoms with van der Waals surface area (Å²) in [4.78, 5) is 0. The van der Waals surface area contributed by atoms with Gasteiger partial charge in [-0.1, -0.05) is 19.9 Å². The van der Waals surface area contributed by atoms with Gasteiger partial charge in [0.2, 0.25) is 0 Å². The van der Waals surface area contributed by atoms with E-state index >= 15 is 0 Å². The minimum absolute atomic E-state index is 0. The molecule has 0 saturated carbocycles. The average Bonchev–Trinajstić information content (AvgIpc) is 2.25. The number of hydrogen-bond acceptors (Lipinski definition) is 3. The molecule has 98 valence electrons. The molecule has 0 fully saturated rings. The summed E-state index contributed by atoms with van der Waals surface area (Å²) in [7, 11) is 0. The quantitative estimate of drug-likeness (QED) is 0.799. The summed E-state index contributed by atoms with van der Waals surface area (Å²) in [6.07, 6.45) is 0. The molecule has 17 heavy (non-hydrogen) atoms. The number of benzene rings is 1. The SMILES string of the molecule is CC(C)(CO)[C@@H](N)c1ccc(F)c(Br)c1O.Cl. The highest BCUT2D eigenvalue weighted by Crippen LogP contribution is 2.39. The van der Waals surface area contributed by atoms with Gasteiger partial charge in [-0.25, -0.2) is 4.39 Å². The molecule has 0 bridgehead atoms. The Kier molecular flexibility index (Phi) is 5.87. The first-order chi connectivity index (χ1) is 7.31. The molecular formula is C11H16BrClFNO2. The molecule has 4 N–H and O–H groups in total. The number of hydrogen-bond donors (Lipinski definition) is 3. The van der Waals surface area contributed by atoms with Gasteiger partial charge in [-0.2, -0.15) is 0 Å². The van der Waals surface area contributed by atoms with Crippen molar-refractivity contribution in [2.24, 2.45) is 11.1 Å². The number of nitrogens with two attached hydrogens (primary N) is 1. The fourth-order valence-corrected chi connectivity index (χ4v) is 1.69. The number of rotatable bonds is 3. The summed E-state index contributed by atoms with van der Waals surface area (Å²) in [5.41, 5.74) is 5.76. The van der Waals surface area contributed by atoms with Crippen LogP contribution in [0.3, 0.4) is 0 Å². The molecule has 0 radical (unpaired) electrons. The zero-order chi connectivity index (χ0) is 12.5. The van der Waals surface area contributed by atoms with Crippen LogP contribution in [-0.4, -0.2) is 16.8 Å². The predicted octanol–water partition coefficient (Wildman–Crippen LogP) is 2.73. The number of phenols is 1. The Hall–Kier alpha value is -0.360. The number of phenolic OH excluding ortho intramolecular Hbond substituents is 1. The van der Waals surface area contributed by atoms with E-state index in [1.54, 1.807) is 13.8 Å². The molecule has 0 aliphatic carbocycles. The molecule has 0 aliphatic heterocycles. The number of aliphatic hydroxyl groups is 1. The minimum Gasteiger partial charge on any atom is -0.506 e. The summed E-state index contributed by atoms with van der Waals surface area (Å²) in [5, 5.41) is 19.0. The van der Waals surface area contributed by atoms with E-state index in [0.717, 1.165) is 0 Å². The first kappa shape index (κ1) is 16.6. The number of aliphatic hydroxyl groups excluding tert-OH is 1. The van der Waals surface area contributed by atoms with E-state index < -0.39 is 17.3 Å². The third-order valence-corrected chi connectivity index (χ3v) is 3.44. The highest BCUT2D eigenvalue weighted by atomic mass is 79.9. The Morgan fingerprint density at radius 1 is 1.47 bits per heavy atom. The van der Waals surface area contributed by atoms with Crippen molar-refractivity contribution in [1.29, 1.82) is 0 Å². The lowest BCUT2D eigenvalue weighted by Gasteiger charge is -2.30. The number of halogens is 3. The molecule has 0 spiro atoms. The average molecular weight is 329 g/mol. The van der Waals surface area contributed by atoms with Crippen molar-refractivity contribution >= 4 is 28.3 Å². The fourth-order valence-electron chi connectivity index (χ4n) is 1.33. The van der Waals surface area contributed by atoms with Gasteiger partial charge in [-0.3, -0.25) is 0 Å². The molecule has 1 atom stereocenters. The molecule has 1 aromatic rings. The van der Waals surface area contributed by atoms with Crippen LogP contribution < -0.4 is 5.73 Å². The van der Waals surface area contributed by atoms with Crippen LogP contribution in [0.2, 0.25) is 0 Å². The van der Waals surface area contributed by atoms with Gasteiger partial charge >= 0.3 is 0 Å². The normalized spacial score (nSPS) is 13.1. The van der Waals surface area contributed by atoms with Gasteiger partial charge in [-0.05, 0) is 22.0 Å². The van der Waals surface area contributed by atoms with Crippen LogP contribution >= 0.6 is 28.3 Å². The summed E-state index contributed by atoms with van der Waals surface area (Å²) < 4.78 is 13.1. The molecular weight excluding hydrogens is 312 g/mol. The minimum atomic E-state index is -0.589. The van der Waals surface area contributed by atoms with Crippen molar-refractivity contribution in [2.75, 3.05) is 6.61 Å². The van der Waals surface area contributed by atoms with Gasteiger partial charge in [0.15, 0.2) is 0 Å². The maximum Gasteiger partial charge on any atom is 0.141 e. The Labute approximate surface area is 114 Å². The summed E-state index contributed by atoms with van der Waals surface area (Å²) in [6, 6.07) is 2.08. The molecule has 0 unspecified atom stereocenters. The Morgan fingerprint density at radius 2 is 2.00 bits per heavy atom. The predicted molar refractivity (Wildman–Crippen MR) is 70.8 cm³/mol. The van der Waals surface area contributed by atoms with E-state index in [4.69, 9.17) is 5.73 Å². The molecule has 3 nitrogen and oxygen atoms in total. The van der Waals surface area contributed by atoms with Crippen molar-refractivity contribution in [3.05, 3.63) is 28.0 Å². The van der Waals surface area contributed by atoms with E-state index in [9.17, 15) is 14.6 Å². The van der Waals surface area contributed by atoms with Crippen LogP contribution in [0.15, 0.2) is 16.6 Å². The van der Waals surface area contributed by atoms with E-state index in [0.29, 0.717) is 5.56 Å². The van der Waals surface area contributed by atoms with E-state index in [2.05, 4.69) is 15.9 Å². The van der Waals surface area contributed by atoms with Crippen LogP contribution in [0.5, 0.6) is 5.75 Å². The van der Waals surface area contributed by atoms with Gasteiger partial charge in [-0.15, -0.1) is 12.4 Å². The highest BCUT2D eigenvalue weighted by Gasteiger charge is 2.29. The van der Waals surface area contributed by atoms with Crippen molar-refractivity contribution in [3.63, 3.8) is 0 Å². The summed E-state index contributed by atoms with van der Waals surface area (Å²) in [6.45, 7) is 3.42. The van der Waals surface area contributed by atoms with Crippen LogP contribution in [0, 0.1) is 11.2 Å². The second kappa shape index (κ2) is 6.00. The Balaban J connectivity index is 0.00000256. The molecule has 6 heteroatoms. The molecule has 0 heterocycles. The summed E-state index contributed by atoms with van der Waals surface area (Å²) >= 11 is 2.94. The van der Waals surface area contributed by atoms with Gasteiger partial charge in [0.05, 0.1) is 4.47 Å². The third kappa shape index (κ3) is 3.31. The fraction of sp³-hybridized carbons (Fsp3) is 0.455. The van der Waals surface area contributed by atoms with Gasteiger partial charge < -0.3 is 15.9 Å². The standard InChI is InChI=1S/C11H15BrFNO2.ClH/c1-11(2,5-15)10(14)6-3-4-7(13)8(12)9(6)16;/h3-4,10,15-16H,5,14H2,1-2H3;1H/t10-;/m0./s1. The largest absolute Gasteiger partial charge is 0.506 e. The molecule has 0 aromatic heterocycles. The zero-order valence-electron chi connectivity index (χ0n) is 9.58. The molecule has 1 aromatic carbocycles. The lowest BCUT2D eigenvalue weighted by molar-refractivity contribution is 0.131. The number of aromatic hydroxyl groups is 1. The van der Waals surface area contributed by atoms with Crippen LogP contribution in [0.4, 0.5) is 4.39 Å². The topological polar surface area (TPSA) is 66.5 Å². The van der Waals surface area contributed by atoms with E-state index in [-0.39, 0.29) is 29.2 Å². The Bertz CT molecular complexity index is 401. The second-order valence-electron chi connectivity index (χ2n) is 4.42. The van der Waals surface area contributed by atoms with Crippen LogP contribution in [0.1, 0.15) is 25.5 Å². The van der Waals surface area contributed by atoms with Crippen LogP contribution in [-0.2, 0) is 0 Å². The second-order valence-corrected chi connectivity index (χ2v) is 5.22. The third-order valence-electron chi connectivity index (χ3n) is 2.68. The maximum atomic E-state index is 13.1. The van der Waals surface area contributed by atoms with Gasteiger partial charge in [0, 0.05) is 23.6 Å². The zero-order valence-corrected chi connectivity index (χ0v) is 12.0. The van der Waals surface area contributed by atoms with Gasteiger partial charge in [0.25, 0.3) is 0 Å². The first-order valence-corrected chi connectivity index (χ1v) is 5.64. The molecule has 0 aliphatic rings. The van der Waals surface area contributed by atoms with Crippen molar-refractivity contribution in [1.82, 2.24) is 0 Å².